The van der Waals surface area contributed by atoms with E-state index in [9.17, 15) is 0 Å². The van der Waals surface area contributed by atoms with Crippen molar-refractivity contribution in [2.24, 2.45) is 0 Å². The third-order valence-corrected chi connectivity index (χ3v) is 3.78. The van der Waals surface area contributed by atoms with Crippen molar-refractivity contribution in [1.82, 2.24) is 4.90 Å². The highest BCUT2D eigenvalue weighted by molar-refractivity contribution is 5.20. The molecule has 1 aromatic rings. The highest BCUT2D eigenvalue weighted by atomic mass is 16.6. The van der Waals surface area contributed by atoms with E-state index in [4.69, 9.17) is 33.2 Å². The van der Waals surface area contributed by atoms with Gasteiger partial charge in [0.1, 0.15) is 12.4 Å². The lowest BCUT2D eigenvalue weighted by molar-refractivity contribution is -0.0181. The van der Waals surface area contributed by atoms with Gasteiger partial charge < -0.3 is 38.1 Å². The summed E-state index contributed by atoms with van der Waals surface area (Å²) in [6, 6.07) is 9.69. The first kappa shape index (κ1) is 26.8. The summed E-state index contributed by atoms with van der Waals surface area (Å²) < 4.78 is 38.2. The van der Waals surface area contributed by atoms with Crippen LogP contribution in [0.2, 0.25) is 0 Å². The Bertz CT molecular complexity index is 462. The topological polar surface area (TPSA) is 67.9 Å². The number of para-hydroxylation sites is 1. The smallest absolute Gasteiger partial charge is 0.119 e. The minimum Gasteiger partial charge on any atom is -0.491 e. The quantitative estimate of drug-likeness (QED) is 0.258. The van der Waals surface area contributed by atoms with Gasteiger partial charge in [0.05, 0.1) is 79.3 Å². The molecule has 1 aromatic carbocycles. The lowest BCUT2D eigenvalue weighted by atomic mass is 10.3. The first-order valence-corrected chi connectivity index (χ1v) is 10.6. The van der Waals surface area contributed by atoms with Gasteiger partial charge in [0, 0.05) is 6.54 Å². The lowest BCUT2D eigenvalue weighted by Gasteiger charge is -2.10. The van der Waals surface area contributed by atoms with Gasteiger partial charge in [0.25, 0.3) is 0 Å². The molecule has 30 heavy (non-hydrogen) atoms. The van der Waals surface area contributed by atoms with Crippen molar-refractivity contribution >= 4 is 0 Å². The monoisotopic (exact) mass is 429 g/mol. The van der Waals surface area contributed by atoms with Crippen LogP contribution in [0.15, 0.2) is 30.3 Å². The van der Waals surface area contributed by atoms with Gasteiger partial charge in [-0.1, -0.05) is 18.2 Å². The Kier molecular flexibility index (Phi) is 18.7. The van der Waals surface area contributed by atoms with Crippen molar-refractivity contribution in [2.75, 3.05) is 107 Å². The van der Waals surface area contributed by atoms with E-state index in [1.807, 2.05) is 44.4 Å². The molecule has 0 N–H and O–H groups in total. The summed E-state index contributed by atoms with van der Waals surface area (Å²) in [4.78, 5) is 2.09. The van der Waals surface area contributed by atoms with Gasteiger partial charge in [0.15, 0.2) is 0 Å². The summed E-state index contributed by atoms with van der Waals surface area (Å²) in [6.45, 7) is 8.32. The molecule has 174 valence electrons. The molecule has 0 amide bonds. The minimum absolute atomic E-state index is 0.530. The Balaban J connectivity index is 1.66. The highest BCUT2D eigenvalue weighted by Crippen LogP contribution is 2.07. The summed E-state index contributed by atoms with van der Waals surface area (Å²) in [6.07, 6.45) is 0. The third-order valence-electron chi connectivity index (χ3n) is 3.78. The Morgan fingerprint density at radius 2 is 0.867 bits per heavy atom. The van der Waals surface area contributed by atoms with Gasteiger partial charge in [-0.25, -0.2) is 0 Å². The molecule has 8 nitrogen and oxygen atoms in total. The predicted molar refractivity (Wildman–Crippen MR) is 115 cm³/mol. The zero-order chi connectivity index (χ0) is 21.5. The molecule has 0 spiro atoms. The molecule has 0 aromatic heterocycles. The molecule has 0 atom stereocenters. The summed E-state index contributed by atoms with van der Waals surface area (Å²) in [5, 5.41) is 0. The minimum atomic E-state index is 0.530. The molecule has 0 saturated carbocycles. The largest absolute Gasteiger partial charge is 0.491 e. The Labute approximate surface area is 181 Å². The fourth-order valence-electron chi connectivity index (χ4n) is 2.18. The van der Waals surface area contributed by atoms with E-state index in [1.165, 1.54) is 0 Å². The molecule has 8 heteroatoms. The van der Waals surface area contributed by atoms with Crippen LogP contribution < -0.4 is 4.74 Å². The Hall–Kier alpha value is -1.26. The third kappa shape index (κ3) is 18.7. The van der Waals surface area contributed by atoms with E-state index in [0.29, 0.717) is 79.3 Å². The van der Waals surface area contributed by atoms with E-state index in [1.54, 1.807) is 0 Å². The summed E-state index contributed by atoms with van der Waals surface area (Å²) >= 11 is 0. The maximum atomic E-state index is 5.53. The van der Waals surface area contributed by atoms with Crippen LogP contribution in [0.25, 0.3) is 0 Å². The van der Waals surface area contributed by atoms with Crippen molar-refractivity contribution in [3.05, 3.63) is 30.3 Å². The second-order valence-electron chi connectivity index (χ2n) is 6.64. The van der Waals surface area contributed by atoms with E-state index in [-0.39, 0.29) is 0 Å². The molecule has 0 fully saturated rings. The van der Waals surface area contributed by atoms with Crippen LogP contribution >= 0.6 is 0 Å². The maximum Gasteiger partial charge on any atom is 0.119 e. The van der Waals surface area contributed by atoms with Gasteiger partial charge in [-0.05, 0) is 26.2 Å². The van der Waals surface area contributed by atoms with Crippen molar-refractivity contribution in [1.29, 1.82) is 0 Å². The van der Waals surface area contributed by atoms with Crippen LogP contribution in [-0.4, -0.2) is 111 Å². The number of hydrogen-bond acceptors (Lipinski definition) is 8. The molecule has 1 rings (SSSR count). The average molecular weight is 430 g/mol. The van der Waals surface area contributed by atoms with Crippen LogP contribution in [0, 0.1) is 0 Å². The highest BCUT2D eigenvalue weighted by Gasteiger charge is 1.95. The molecule has 0 bridgehead atoms. The standard InChI is InChI=1S/C22H39NO7/c1-23(2)8-9-24-10-11-25-12-13-26-14-15-27-16-17-28-18-19-29-20-21-30-22-6-4-3-5-7-22/h3-7H,8-21H2,1-2H3. The van der Waals surface area contributed by atoms with Gasteiger partial charge in [0.2, 0.25) is 0 Å². The van der Waals surface area contributed by atoms with Gasteiger partial charge in [-0.3, -0.25) is 0 Å². The Morgan fingerprint density at radius 1 is 0.500 bits per heavy atom. The van der Waals surface area contributed by atoms with Crippen LogP contribution in [0.3, 0.4) is 0 Å². The van der Waals surface area contributed by atoms with E-state index in [0.717, 1.165) is 18.9 Å². The molecule has 0 aliphatic heterocycles. The Morgan fingerprint density at radius 3 is 1.27 bits per heavy atom. The van der Waals surface area contributed by atoms with Crippen molar-refractivity contribution in [3.8, 4) is 5.75 Å². The van der Waals surface area contributed by atoms with Crippen molar-refractivity contribution in [3.63, 3.8) is 0 Å². The summed E-state index contributed by atoms with van der Waals surface area (Å²) in [5.41, 5.74) is 0. The SMILES string of the molecule is CN(C)CCOCCOCCOCCOCCOCCOCCOc1ccccc1. The van der Waals surface area contributed by atoms with Crippen LogP contribution in [0.5, 0.6) is 5.75 Å². The van der Waals surface area contributed by atoms with Gasteiger partial charge >= 0.3 is 0 Å². The summed E-state index contributed by atoms with van der Waals surface area (Å²) in [5.74, 6) is 0.853. The van der Waals surface area contributed by atoms with E-state index < -0.39 is 0 Å². The number of ether oxygens (including phenoxy) is 7. The van der Waals surface area contributed by atoms with Crippen LogP contribution in [0.1, 0.15) is 0 Å². The number of rotatable bonds is 22. The van der Waals surface area contributed by atoms with Crippen molar-refractivity contribution < 1.29 is 33.2 Å². The molecule has 0 unspecified atom stereocenters. The predicted octanol–water partition coefficient (Wildman–Crippen LogP) is 1.73. The molecule has 0 aliphatic carbocycles. The summed E-state index contributed by atoms with van der Waals surface area (Å²) in [7, 11) is 4.05. The molecule has 0 saturated heterocycles. The van der Waals surface area contributed by atoms with Gasteiger partial charge in [-0.2, -0.15) is 0 Å². The first-order chi connectivity index (χ1) is 14.8. The number of hydrogen-bond donors (Lipinski definition) is 0. The van der Waals surface area contributed by atoms with Crippen molar-refractivity contribution in [2.45, 2.75) is 0 Å². The fraction of sp³-hybridized carbons (Fsp3) is 0.727. The van der Waals surface area contributed by atoms with Crippen LogP contribution in [-0.2, 0) is 28.4 Å². The molecule has 0 heterocycles. The first-order valence-electron chi connectivity index (χ1n) is 10.6. The normalized spacial score (nSPS) is 11.3. The second-order valence-corrected chi connectivity index (χ2v) is 6.64. The zero-order valence-corrected chi connectivity index (χ0v) is 18.6. The fourth-order valence-corrected chi connectivity index (χ4v) is 2.18. The van der Waals surface area contributed by atoms with Crippen LogP contribution in [0.4, 0.5) is 0 Å². The molecule has 0 aliphatic rings. The van der Waals surface area contributed by atoms with E-state index >= 15 is 0 Å². The van der Waals surface area contributed by atoms with E-state index in [2.05, 4.69) is 4.90 Å². The average Bonchev–Trinajstić information content (AvgIpc) is 2.75. The lowest BCUT2D eigenvalue weighted by Crippen LogP contribution is -2.19. The number of likely N-dealkylation sites (N-methyl/N-ethyl adjacent to an activating group) is 1. The molecular formula is C22H39NO7. The maximum absolute atomic E-state index is 5.53. The van der Waals surface area contributed by atoms with Gasteiger partial charge in [-0.15, -0.1) is 0 Å². The molecule has 0 radical (unpaired) electrons. The molecular weight excluding hydrogens is 390 g/mol. The second kappa shape index (κ2) is 21.0. The number of benzene rings is 1. The number of nitrogens with zero attached hydrogens (tertiary/aromatic N) is 1. The zero-order valence-electron chi connectivity index (χ0n) is 18.6.